The van der Waals surface area contributed by atoms with Gasteiger partial charge in [0.15, 0.2) is 0 Å². The zero-order chi connectivity index (χ0) is 19.2. The number of urea groups is 1. The molecule has 6 nitrogen and oxygen atoms in total. The predicted octanol–water partition coefficient (Wildman–Crippen LogP) is 2.92. The first-order chi connectivity index (χ1) is 12.9. The molecule has 1 aliphatic carbocycles. The van der Waals surface area contributed by atoms with Crippen LogP contribution in [0.4, 0.5) is 14.9 Å². The van der Waals surface area contributed by atoms with Crippen LogP contribution in [0.1, 0.15) is 17.5 Å². The van der Waals surface area contributed by atoms with Gasteiger partial charge < -0.3 is 10.6 Å². The van der Waals surface area contributed by atoms with Gasteiger partial charge in [0.05, 0.1) is 5.69 Å². The van der Waals surface area contributed by atoms with Crippen molar-refractivity contribution in [2.45, 2.75) is 18.4 Å². The Morgan fingerprint density at radius 1 is 1.26 bits per heavy atom. The normalized spacial score (nSPS) is 20.7. The summed E-state index contributed by atoms with van der Waals surface area (Å²) in [6, 6.07) is 11.0. The first kappa shape index (κ1) is 17.7. The number of carbonyl (C=O) groups is 3. The van der Waals surface area contributed by atoms with E-state index in [0.29, 0.717) is 17.3 Å². The summed E-state index contributed by atoms with van der Waals surface area (Å²) in [5, 5.41) is 5.15. The first-order valence-corrected chi connectivity index (χ1v) is 9.17. The van der Waals surface area contributed by atoms with Gasteiger partial charge in [-0.15, -0.1) is 0 Å². The average molecular weight is 432 g/mol. The Morgan fingerprint density at radius 3 is 2.81 bits per heavy atom. The highest BCUT2D eigenvalue weighted by atomic mass is 79.9. The van der Waals surface area contributed by atoms with E-state index in [-0.39, 0.29) is 5.69 Å². The molecule has 2 aliphatic rings. The maximum atomic E-state index is 13.9. The fourth-order valence-corrected chi connectivity index (χ4v) is 3.99. The fraction of sp³-hybridized carbons (Fsp3) is 0.211. The number of amides is 4. The number of halogens is 2. The van der Waals surface area contributed by atoms with Crippen molar-refractivity contribution in [3.8, 4) is 0 Å². The molecule has 1 fully saturated rings. The van der Waals surface area contributed by atoms with E-state index < -0.39 is 35.7 Å². The molecule has 0 saturated carbocycles. The number of aryl methyl sites for hydroxylation is 1. The van der Waals surface area contributed by atoms with Crippen LogP contribution >= 0.6 is 15.9 Å². The van der Waals surface area contributed by atoms with Gasteiger partial charge in [0.25, 0.3) is 5.91 Å². The van der Waals surface area contributed by atoms with Crippen LogP contribution in [-0.2, 0) is 21.5 Å². The minimum absolute atomic E-state index is 0.0174. The molecule has 4 rings (SSSR count). The van der Waals surface area contributed by atoms with E-state index in [1.165, 1.54) is 12.1 Å². The Kier molecular flexibility index (Phi) is 4.22. The molecule has 0 bridgehead atoms. The van der Waals surface area contributed by atoms with Crippen molar-refractivity contribution in [3.63, 3.8) is 0 Å². The van der Waals surface area contributed by atoms with Crippen LogP contribution in [-0.4, -0.2) is 29.3 Å². The lowest BCUT2D eigenvalue weighted by atomic mass is 9.92. The first-order valence-electron chi connectivity index (χ1n) is 8.38. The van der Waals surface area contributed by atoms with Crippen LogP contribution in [0.25, 0.3) is 0 Å². The van der Waals surface area contributed by atoms with E-state index in [1.54, 1.807) is 6.07 Å². The van der Waals surface area contributed by atoms with Crippen molar-refractivity contribution in [1.29, 1.82) is 0 Å². The van der Waals surface area contributed by atoms with Gasteiger partial charge in [-0.05, 0) is 42.2 Å². The topological polar surface area (TPSA) is 78.5 Å². The SMILES string of the molecule is O=C(CN1C(=O)N[C@@]2(CCc3ccccc32)C1=O)Nc1ccc(Br)cc1F. The van der Waals surface area contributed by atoms with Gasteiger partial charge in [-0.3, -0.25) is 14.5 Å². The fourth-order valence-electron chi connectivity index (χ4n) is 3.66. The summed E-state index contributed by atoms with van der Waals surface area (Å²) in [4.78, 5) is 38.5. The number of nitrogens with zero attached hydrogens (tertiary/aromatic N) is 1. The number of rotatable bonds is 3. The Hall–Kier alpha value is -2.74. The number of hydrogen-bond acceptors (Lipinski definition) is 3. The third-order valence-corrected chi connectivity index (χ3v) is 5.42. The van der Waals surface area contributed by atoms with E-state index in [4.69, 9.17) is 0 Å². The molecule has 2 aromatic carbocycles. The van der Waals surface area contributed by atoms with Crippen LogP contribution in [0.3, 0.4) is 0 Å². The third-order valence-electron chi connectivity index (χ3n) is 4.93. The molecular formula is C19H15BrFN3O3. The van der Waals surface area contributed by atoms with Gasteiger partial charge in [-0.25, -0.2) is 9.18 Å². The molecule has 2 N–H and O–H groups in total. The van der Waals surface area contributed by atoms with Crippen molar-refractivity contribution in [1.82, 2.24) is 10.2 Å². The molecule has 4 amide bonds. The van der Waals surface area contributed by atoms with E-state index in [0.717, 1.165) is 16.0 Å². The lowest BCUT2D eigenvalue weighted by Gasteiger charge is -2.22. The maximum Gasteiger partial charge on any atom is 0.325 e. The number of hydrogen-bond donors (Lipinski definition) is 2. The highest BCUT2D eigenvalue weighted by Gasteiger charge is 2.55. The van der Waals surface area contributed by atoms with Crippen LogP contribution in [0.5, 0.6) is 0 Å². The molecule has 1 atom stereocenters. The quantitative estimate of drug-likeness (QED) is 0.733. The standard InChI is InChI=1S/C19H15BrFN3O3/c20-12-5-6-15(14(21)9-12)22-16(25)10-24-17(26)19(23-18(24)27)8-7-11-3-1-2-4-13(11)19/h1-6,9H,7-8,10H2,(H,22,25)(H,23,27)/t19-/m1/s1. The molecule has 27 heavy (non-hydrogen) atoms. The minimum atomic E-state index is -1.11. The Bertz CT molecular complexity index is 980. The lowest BCUT2D eigenvalue weighted by molar-refractivity contribution is -0.134. The van der Waals surface area contributed by atoms with E-state index in [1.807, 2.05) is 24.3 Å². The Morgan fingerprint density at radius 2 is 2.04 bits per heavy atom. The largest absolute Gasteiger partial charge is 0.325 e. The summed E-state index contributed by atoms with van der Waals surface area (Å²) in [5.74, 6) is -1.72. The van der Waals surface area contributed by atoms with Crippen molar-refractivity contribution in [2.75, 3.05) is 11.9 Å². The molecule has 138 valence electrons. The molecule has 1 heterocycles. The van der Waals surface area contributed by atoms with Gasteiger partial charge in [0.2, 0.25) is 5.91 Å². The van der Waals surface area contributed by atoms with Gasteiger partial charge in [0.1, 0.15) is 17.9 Å². The average Bonchev–Trinajstić information content (AvgIpc) is 3.11. The summed E-state index contributed by atoms with van der Waals surface area (Å²) in [6.07, 6.45) is 1.13. The maximum absolute atomic E-state index is 13.9. The third kappa shape index (κ3) is 2.90. The zero-order valence-corrected chi connectivity index (χ0v) is 15.7. The monoisotopic (exact) mass is 431 g/mol. The molecule has 0 radical (unpaired) electrons. The van der Waals surface area contributed by atoms with Crippen LogP contribution < -0.4 is 10.6 Å². The highest BCUT2D eigenvalue weighted by molar-refractivity contribution is 9.10. The summed E-state index contributed by atoms with van der Waals surface area (Å²) >= 11 is 3.14. The van der Waals surface area contributed by atoms with Crippen LogP contribution in [0.2, 0.25) is 0 Å². The molecule has 2 aromatic rings. The Labute approximate surface area is 162 Å². The summed E-state index contributed by atoms with van der Waals surface area (Å²) in [7, 11) is 0. The highest BCUT2D eigenvalue weighted by Crippen LogP contribution is 2.41. The molecular weight excluding hydrogens is 417 g/mol. The van der Waals surface area contributed by atoms with Gasteiger partial charge in [-0.2, -0.15) is 0 Å². The summed E-state index contributed by atoms with van der Waals surface area (Å²) in [5.41, 5.74) is 0.646. The molecule has 0 aromatic heterocycles. The number of nitrogens with one attached hydrogen (secondary N) is 2. The number of imide groups is 1. The number of benzene rings is 2. The van der Waals surface area contributed by atoms with E-state index in [2.05, 4.69) is 26.6 Å². The second-order valence-corrected chi connectivity index (χ2v) is 7.47. The molecule has 1 saturated heterocycles. The second-order valence-electron chi connectivity index (χ2n) is 6.56. The molecule has 1 spiro atoms. The van der Waals surface area contributed by atoms with Crippen LogP contribution in [0.15, 0.2) is 46.9 Å². The van der Waals surface area contributed by atoms with E-state index >= 15 is 0 Å². The summed E-state index contributed by atoms with van der Waals surface area (Å²) < 4.78 is 14.4. The van der Waals surface area contributed by atoms with E-state index in [9.17, 15) is 18.8 Å². The minimum Gasteiger partial charge on any atom is -0.322 e. The number of carbonyl (C=O) groups excluding carboxylic acids is 3. The smallest absolute Gasteiger partial charge is 0.322 e. The van der Waals surface area contributed by atoms with Crippen LogP contribution in [0, 0.1) is 5.82 Å². The molecule has 1 aliphatic heterocycles. The lowest BCUT2D eigenvalue weighted by Crippen LogP contribution is -2.43. The van der Waals surface area contributed by atoms with Gasteiger partial charge in [-0.1, -0.05) is 40.2 Å². The van der Waals surface area contributed by atoms with Crippen molar-refractivity contribution in [2.24, 2.45) is 0 Å². The van der Waals surface area contributed by atoms with Crippen molar-refractivity contribution in [3.05, 3.63) is 63.9 Å². The Balaban J connectivity index is 1.53. The number of anilines is 1. The number of fused-ring (bicyclic) bond motifs is 2. The predicted molar refractivity (Wildman–Crippen MR) is 99.4 cm³/mol. The van der Waals surface area contributed by atoms with Crippen molar-refractivity contribution >= 4 is 39.5 Å². The van der Waals surface area contributed by atoms with Crippen molar-refractivity contribution < 1.29 is 18.8 Å². The second kappa shape index (κ2) is 6.45. The molecule has 8 heteroatoms. The van der Waals surface area contributed by atoms with Gasteiger partial charge in [0, 0.05) is 4.47 Å². The summed E-state index contributed by atoms with van der Waals surface area (Å²) in [6.45, 7) is -0.482. The van der Waals surface area contributed by atoms with Gasteiger partial charge >= 0.3 is 6.03 Å². The zero-order valence-electron chi connectivity index (χ0n) is 14.1. The molecule has 0 unspecified atom stereocenters.